The van der Waals surface area contributed by atoms with Crippen LogP contribution in [-0.4, -0.2) is 39.8 Å². The summed E-state index contributed by atoms with van der Waals surface area (Å²) in [5, 5.41) is 8.31. The molecule has 2 aromatic rings. The van der Waals surface area contributed by atoms with Crippen molar-refractivity contribution in [3.63, 3.8) is 0 Å². The maximum absolute atomic E-state index is 12.6. The van der Waals surface area contributed by atoms with Crippen LogP contribution in [0.4, 0.5) is 10.5 Å². The molecule has 134 valence electrons. The van der Waals surface area contributed by atoms with E-state index in [1.807, 2.05) is 17.5 Å². The summed E-state index contributed by atoms with van der Waals surface area (Å²) in [6.45, 7) is -0.277. The molecule has 2 heterocycles. The average molecular weight is 370 g/mol. The van der Waals surface area contributed by atoms with Crippen LogP contribution in [-0.2, 0) is 9.59 Å². The number of hydrogen-bond donors (Lipinski definition) is 2. The molecule has 4 amide bonds. The molecular formula is C18H18N4O3S. The second-order valence-corrected chi connectivity index (χ2v) is 7.47. The molecule has 0 radical (unpaired) electrons. The van der Waals surface area contributed by atoms with Gasteiger partial charge < -0.3 is 10.6 Å². The minimum Gasteiger partial charge on any atom is -0.325 e. The minimum atomic E-state index is -0.785. The number of benzene rings is 1. The maximum atomic E-state index is 12.6. The highest BCUT2D eigenvalue weighted by molar-refractivity contribution is 7.13. The fourth-order valence-corrected chi connectivity index (χ4v) is 4.19. The molecule has 4 rings (SSSR count). The molecule has 1 aliphatic heterocycles. The van der Waals surface area contributed by atoms with Crippen LogP contribution in [0.25, 0.3) is 10.6 Å². The molecule has 0 bridgehead atoms. The predicted octanol–water partition coefficient (Wildman–Crippen LogP) is 2.61. The van der Waals surface area contributed by atoms with Crippen molar-refractivity contribution in [2.24, 2.45) is 0 Å². The summed E-state index contributed by atoms with van der Waals surface area (Å²) >= 11 is 1.54. The van der Waals surface area contributed by atoms with Gasteiger partial charge in [-0.05, 0) is 37.1 Å². The third-order valence-corrected chi connectivity index (χ3v) is 5.67. The molecule has 1 saturated heterocycles. The molecule has 26 heavy (non-hydrogen) atoms. The summed E-state index contributed by atoms with van der Waals surface area (Å²) in [6, 6.07) is 6.81. The number of nitrogens with zero attached hydrogens (tertiary/aromatic N) is 2. The molecule has 1 aromatic carbocycles. The summed E-state index contributed by atoms with van der Waals surface area (Å²) in [7, 11) is 0. The zero-order valence-corrected chi connectivity index (χ0v) is 14.8. The lowest BCUT2D eigenvalue weighted by atomic mass is 9.98. The van der Waals surface area contributed by atoms with Crippen molar-refractivity contribution in [2.45, 2.75) is 31.2 Å². The summed E-state index contributed by atoms with van der Waals surface area (Å²) < 4.78 is 0. The van der Waals surface area contributed by atoms with Crippen LogP contribution in [0.15, 0.2) is 35.8 Å². The number of urea groups is 1. The van der Waals surface area contributed by atoms with E-state index in [-0.39, 0.29) is 12.5 Å². The molecule has 1 aliphatic carbocycles. The molecule has 0 atom stereocenters. The van der Waals surface area contributed by atoms with Gasteiger partial charge in [0.1, 0.15) is 17.1 Å². The highest BCUT2D eigenvalue weighted by atomic mass is 32.1. The van der Waals surface area contributed by atoms with Crippen molar-refractivity contribution in [1.82, 2.24) is 15.2 Å². The van der Waals surface area contributed by atoms with Crippen LogP contribution in [0.1, 0.15) is 25.7 Å². The zero-order chi connectivity index (χ0) is 18.1. The largest absolute Gasteiger partial charge is 0.325 e. The number of hydrogen-bond acceptors (Lipinski definition) is 5. The monoisotopic (exact) mass is 370 g/mol. The first-order chi connectivity index (χ1) is 12.6. The average Bonchev–Trinajstić information content (AvgIpc) is 3.35. The smallest absolute Gasteiger partial charge is 0.325 e. The first-order valence-electron chi connectivity index (χ1n) is 8.51. The zero-order valence-electron chi connectivity index (χ0n) is 14.0. The topological polar surface area (TPSA) is 91.4 Å². The van der Waals surface area contributed by atoms with E-state index in [1.165, 1.54) is 11.3 Å². The number of nitrogens with one attached hydrogen (secondary N) is 2. The minimum absolute atomic E-state index is 0.277. The lowest BCUT2D eigenvalue weighted by Crippen LogP contribution is -2.44. The standard InChI is InChI=1S/C18H18N4O3S/c23-14(11-22-16(24)18(21-17(22)25)7-1-2-8-18)20-13-5-3-12(4-6-13)15-19-9-10-26-15/h3-6,9-10H,1-2,7-8,11H2,(H,20,23)(H,21,25). The lowest BCUT2D eigenvalue weighted by molar-refractivity contribution is -0.133. The Bertz CT molecular complexity index is 842. The van der Waals surface area contributed by atoms with E-state index >= 15 is 0 Å². The van der Waals surface area contributed by atoms with Gasteiger partial charge in [-0.15, -0.1) is 11.3 Å². The van der Waals surface area contributed by atoms with Gasteiger partial charge in [0, 0.05) is 22.8 Å². The van der Waals surface area contributed by atoms with E-state index in [2.05, 4.69) is 15.6 Å². The van der Waals surface area contributed by atoms with E-state index in [9.17, 15) is 14.4 Å². The number of imide groups is 1. The second kappa shape index (κ2) is 6.53. The Morgan fingerprint density at radius 3 is 2.62 bits per heavy atom. The van der Waals surface area contributed by atoms with Gasteiger partial charge in [0.25, 0.3) is 5.91 Å². The van der Waals surface area contributed by atoms with Crippen molar-refractivity contribution in [3.8, 4) is 10.6 Å². The highest BCUT2D eigenvalue weighted by Crippen LogP contribution is 2.35. The molecule has 1 saturated carbocycles. The SMILES string of the molecule is O=C(CN1C(=O)NC2(CCCC2)C1=O)Nc1ccc(-c2nccs2)cc1. The Labute approximate surface area is 154 Å². The van der Waals surface area contributed by atoms with Crippen molar-refractivity contribution in [1.29, 1.82) is 0 Å². The van der Waals surface area contributed by atoms with Gasteiger partial charge in [-0.25, -0.2) is 9.78 Å². The Morgan fingerprint density at radius 1 is 1.23 bits per heavy atom. The highest BCUT2D eigenvalue weighted by Gasteiger charge is 2.52. The third kappa shape index (κ3) is 2.96. The van der Waals surface area contributed by atoms with Gasteiger partial charge in [0.15, 0.2) is 0 Å². The molecule has 0 unspecified atom stereocenters. The summed E-state index contributed by atoms with van der Waals surface area (Å²) in [5.74, 6) is -0.681. The van der Waals surface area contributed by atoms with Crippen LogP contribution in [0.5, 0.6) is 0 Å². The predicted molar refractivity (Wildman–Crippen MR) is 97.6 cm³/mol. The molecule has 2 aliphatic rings. The van der Waals surface area contributed by atoms with Gasteiger partial charge in [0.05, 0.1) is 0 Å². The summed E-state index contributed by atoms with van der Waals surface area (Å²) in [6.07, 6.45) is 4.86. The van der Waals surface area contributed by atoms with E-state index in [4.69, 9.17) is 0 Å². The number of aromatic nitrogens is 1. The molecule has 1 spiro atoms. The number of anilines is 1. The van der Waals surface area contributed by atoms with Crippen LogP contribution in [0.3, 0.4) is 0 Å². The van der Waals surface area contributed by atoms with Crippen molar-refractivity contribution < 1.29 is 14.4 Å². The van der Waals surface area contributed by atoms with E-state index in [0.29, 0.717) is 18.5 Å². The second-order valence-electron chi connectivity index (χ2n) is 6.57. The molecular weight excluding hydrogens is 352 g/mol. The van der Waals surface area contributed by atoms with Gasteiger partial charge in [-0.1, -0.05) is 12.8 Å². The van der Waals surface area contributed by atoms with Crippen LogP contribution in [0.2, 0.25) is 0 Å². The quantitative estimate of drug-likeness (QED) is 0.810. The van der Waals surface area contributed by atoms with E-state index < -0.39 is 17.5 Å². The Kier molecular flexibility index (Phi) is 4.20. The Morgan fingerprint density at radius 2 is 1.96 bits per heavy atom. The van der Waals surface area contributed by atoms with Crippen LogP contribution >= 0.6 is 11.3 Å². The summed E-state index contributed by atoms with van der Waals surface area (Å²) in [5.41, 5.74) is 0.792. The van der Waals surface area contributed by atoms with E-state index in [1.54, 1.807) is 18.3 Å². The molecule has 7 nitrogen and oxygen atoms in total. The first-order valence-corrected chi connectivity index (χ1v) is 9.39. The number of carbonyl (C=O) groups excluding carboxylic acids is 3. The molecule has 1 aromatic heterocycles. The van der Waals surface area contributed by atoms with Gasteiger partial charge in [0.2, 0.25) is 5.91 Å². The molecule has 2 N–H and O–H groups in total. The first kappa shape index (κ1) is 16.7. The number of carbonyl (C=O) groups is 3. The number of thiazole rings is 1. The Balaban J connectivity index is 1.39. The van der Waals surface area contributed by atoms with Gasteiger partial charge in [-0.3, -0.25) is 14.5 Å². The van der Waals surface area contributed by atoms with Crippen molar-refractivity contribution in [2.75, 3.05) is 11.9 Å². The maximum Gasteiger partial charge on any atom is 0.325 e. The normalized spacial score (nSPS) is 18.4. The fraction of sp³-hybridized carbons (Fsp3) is 0.333. The van der Waals surface area contributed by atoms with Crippen molar-refractivity contribution in [3.05, 3.63) is 35.8 Å². The Hall–Kier alpha value is -2.74. The number of amides is 4. The van der Waals surface area contributed by atoms with Crippen LogP contribution in [0, 0.1) is 0 Å². The number of rotatable bonds is 4. The van der Waals surface area contributed by atoms with Crippen LogP contribution < -0.4 is 10.6 Å². The summed E-state index contributed by atoms with van der Waals surface area (Å²) in [4.78, 5) is 42.2. The molecule has 8 heteroatoms. The third-order valence-electron chi connectivity index (χ3n) is 4.85. The lowest BCUT2D eigenvalue weighted by Gasteiger charge is -2.19. The molecule has 2 fully saturated rings. The fourth-order valence-electron chi connectivity index (χ4n) is 3.54. The van der Waals surface area contributed by atoms with E-state index in [0.717, 1.165) is 28.3 Å². The van der Waals surface area contributed by atoms with Gasteiger partial charge in [-0.2, -0.15) is 0 Å². The van der Waals surface area contributed by atoms with Gasteiger partial charge >= 0.3 is 6.03 Å². The van der Waals surface area contributed by atoms with Crippen molar-refractivity contribution >= 4 is 34.9 Å².